The van der Waals surface area contributed by atoms with Gasteiger partial charge in [-0.05, 0) is 48.5 Å². The predicted octanol–water partition coefficient (Wildman–Crippen LogP) is 4.11. The minimum absolute atomic E-state index is 0.0644. The van der Waals surface area contributed by atoms with Crippen molar-refractivity contribution < 1.29 is 9.59 Å². The lowest BCUT2D eigenvalue weighted by molar-refractivity contribution is -0.117. The van der Waals surface area contributed by atoms with Gasteiger partial charge in [-0.3, -0.25) is 14.5 Å². The van der Waals surface area contributed by atoms with Crippen LogP contribution in [0.2, 0.25) is 0 Å². The smallest absolute Gasteiger partial charge is 0.238 e. The molecule has 0 saturated carbocycles. The third-order valence-electron chi connectivity index (χ3n) is 4.26. The fraction of sp³-hybridized carbons (Fsp3) is 0.182. The van der Waals surface area contributed by atoms with Crippen LogP contribution in [0.5, 0.6) is 0 Å². The molecule has 0 atom stereocenters. The number of anilines is 1. The average Bonchev–Trinajstić information content (AvgIpc) is 2.61. The van der Waals surface area contributed by atoms with Crippen LogP contribution in [0, 0.1) is 0 Å². The van der Waals surface area contributed by atoms with E-state index in [2.05, 4.69) is 35.6 Å². The molecule has 3 aromatic carbocycles. The number of amides is 1. The predicted molar refractivity (Wildman–Crippen MR) is 105 cm³/mol. The van der Waals surface area contributed by atoms with Crippen molar-refractivity contribution >= 4 is 28.2 Å². The summed E-state index contributed by atoms with van der Waals surface area (Å²) in [7, 11) is 1.91. The summed E-state index contributed by atoms with van der Waals surface area (Å²) in [6, 6.07) is 21.6. The van der Waals surface area contributed by atoms with E-state index in [9.17, 15) is 9.59 Å². The lowest BCUT2D eigenvalue weighted by atomic mass is 10.1. The Labute approximate surface area is 153 Å². The number of nitrogens with one attached hydrogen (secondary N) is 1. The molecule has 26 heavy (non-hydrogen) atoms. The Hall–Kier alpha value is -2.98. The molecule has 0 spiro atoms. The van der Waals surface area contributed by atoms with E-state index in [-0.39, 0.29) is 18.2 Å². The monoisotopic (exact) mass is 346 g/mol. The van der Waals surface area contributed by atoms with Crippen LogP contribution in [0.1, 0.15) is 22.8 Å². The summed E-state index contributed by atoms with van der Waals surface area (Å²) in [6.07, 6.45) is 0. The molecule has 0 heterocycles. The SMILES string of the molecule is CC(=O)c1ccccc1NC(=O)CN(C)Cc1ccc2ccccc2c1. The van der Waals surface area contributed by atoms with Crippen molar-refractivity contribution in [3.8, 4) is 0 Å². The van der Waals surface area contributed by atoms with Gasteiger partial charge in [0.05, 0.1) is 12.2 Å². The van der Waals surface area contributed by atoms with E-state index in [1.807, 2.05) is 24.1 Å². The van der Waals surface area contributed by atoms with Crippen LogP contribution in [0.25, 0.3) is 10.8 Å². The van der Waals surface area contributed by atoms with Gasteiger partial charge in [-0.2, -0.15) is 0 Å². The van der Waals surface area contributed by atoms with Crippen molar-refractivity contribution in [2.75, 3.05) is 18.9 Å². The molecule has 0 aromatic heterocycles. The number of Topliss-reactive ketones (excluding diaryl/α,β-unsaturated/α-hetero) is 1. The maximum absolute atomic E-state index is 12.3. The van der Waals surface area contributed by atoms with E-state index in [1.165, 1.54) is 17.7 Å². The van der Waals surface area contributed by atoms with Gasteiger partial charge in [0.1, 0.15) is 0 Å². The number of para-hydroxylation sites is 1. The van der Waals surface area contributed by atoms with E-state index in [4.69, 9.17) is 0 Å². The standard InChI is InChI=1S/C22H22N2O2/c1-16(25)20-9-5-6-10-21(20)23-22(26)15-24(2)14-17-11-12-18-7-3-4-8-19(18)13-17/h3-13H,14-15H2,1-2H3,(H,23,26). The highest BCUT2D eigenvalue weighted by atomic mass is 16.2. The molecule has 1 N–H and O–H groups in total. The van der Waals surface area contributed by atoms with Gasteiger partial charge in [-0.15, -0.1) is 0 Å². The van der Waals surface area contributed by atoms with Crippen LogP contribution < -0.4 is 5.32 Å². The van der Waals surface area contributed by atoms with E-state index < -0.39 is 0 Å². The number of nitrogens with zero attached hydrogens (tertiary/aromatic N) is 1. The molecule has 0 saturated heterocycles. The highest BCUT2D eigenvalue weighted by Gasteiger charge is 2.12. The van der Waals surface area contributed by atoms with E-state index in [0.717, 1.165) is 5.56 Å². The number of benzene rings is 3. The van der Waals surface area contributed by atoms with Crippen molar-refractivity contribution in [1.29, 1.82) is 0 Å². The summed E-state index contributed by atoms with van der Waals surface area (Å²) in [5, 5.41) is 5.24. The average molecular weight is 346 g/mol. The first-order valence-corrected chi connectivity index (χ1v) is 8.59. The second-order valence-electron chi connectivity index (χ2n) is 6.50. The molecule has 4 nitrogen and oxygen atoms in total. The third-order valence-corrected chi connectivity index (χ3v) is 4.26. The Morgan fingerprint density at radius 1 is 0.923 bits per heavy atom. The number of ketones is 1. The highest BCUT2D eigenvalue weighted by Crippen LogP contribution is 2.17. The van der Waals surface area contributed by atoms with Gasteiger partial charge in [0.15, 0.2) is 5.78 Å². The molecule has 3 aromatic rings. The lowest BCUT2D eigenvalue weighted by Gasteiger charge is -2.17. The Morgan fingerprint density at radius 2 is 1.62 bits per heavy atom. The number of rotatable bonds is 6. The molecule has 132 valence electrons. The molecule has 0 unspecified atom stereocenters. The van der Waals surface area contributed by atoms with Crippen LogP contribution in [0.4, 0.5) is 5.69 Å². The van der Waals surface area contributed by atoms with Gasteiger partial charge in [0.2, 0.25) is 5.91 Å². The zero-order valence-corrected chi connectivity index (χ0v) is 15.0. The zero-order chi connectivity index (χ0) is 18.5. The van der Waals surface area contributed by atoms with Gasteiger partial charge in [0.25, 0.3) is 0 Å². The van der Waals surface area contributed by atoms with Gasteiger partial charge < -0.3 is 5.32 Å². The minimum Gasteiger partial charge on any atom is -0.324 e. The fourth-order valence-electron chi connectivity index (χ4n) is 3.04. The van der Waals surface area contributed by atoms with Gasteiger partial charge >= 0.3 is 0 Å². The molecular weight excluding hydrogens is 324 g/mol. The molecule has 4 heteroatoms. The van der Waals surface area contributed by atoms with Gasteiger partial charge in [0, 0.05) is 12.1 Å². The maximum Gasteiger partial charge on any atom is 0.238 e. The number of likely N-dealkylation sites (N-methyl/N-ethyl adjacent to an activating group) is 1. The van der Waals surface area contributed by atoms with Gasteiger partial charge in [-0.1, -0.05) is 48.5 Å². The molecule has 0 aliphatic carbocycles. The van der Waals surface area contributed by atoms with Crippen molar-refractivity contribution in [3.05, 3.63) is 77.9 Å². The number of hydrogen-bond acceptors (Lipinski definition) is 3. The summed E-state index contributed by atoms with van der Waals surface area (Å²) in [6.45, 7) is 2.42. The summed E-state index contributed by atoms with van der Waals surface area (Å²) in [4.78, 5) is 25.9. The molecule has 0 radical (unpaired) electrons. The number of carbonyl (C=O) groups excluding carboxylic acids is 2. The Balaban J connectivity index is 1.63. The molecular formula is C22H22N2O2. The van der Waals surface area contributed by atoms with Crippen LogP contribution in [0.15, 0.2) is 66.7 Å². The summed E-state index contributed by atoms with van der Waals surface area (Å²) >= 11 is 0. The van der Waals surface area contributed by atoms with Crippen molar-refractivity contribution in [2.45, 2.75) is 13.5 Å². The van der Waals surface area contributed by atoms with Crippen molar-refractivity contribution in [2.24, 2.45) is 0 Å². The van der Waals surface area contributed by atoms with E-state index in [0.29, 0.717) is 17.8 Å². The second kappa shape index (κ2) is 7.93. The summed E-state index contributed by atoms with van der Waals surface area (Å²) < 4.78 is 0. The third kappa shape index (κ3) is 4.35. The maximum atomic E-state index is 12.3. The Bertz CT molecular complexity index is 950. The van der Waals surface area contributed by atoms with E-state index >= 15 is 0 Å². The summed E-state index contributed by atoms with van der Waals surface area (Å²) in [5.74, 6) is -0.201. The van der Waals surface area contributed by atoms with Crippen LogP contribution in [0.3, 0.4) is 0 Å². The van der Waals surface area contributed by atoms with Crippen molar-refractivity contribution in [1.82, 2.24) is 4.90 Å². The first kappa shape index (κ1) is 17.8. The quantitative estimate of drug-likeness (QED) is 0.683. The minimum atomic E-state index is -0.137. The molecule has 0 aliphatic rings. The second-order valence-corrected chi connectivity index (χ2v) is 6.50. The Morgan fingerprint density at radius 3 is 2.38 bits per heavy atom. The molecule has 3 rings (SSSR count). The zero-order valence-electron chi connectivity index (χ0n) is 15.0. The lowest BCUT2D eigenvalue weighted by Crippen LogP contribution is -2.30. The first-order chi connectivity index (χ1) is 12.5. The highest BCUT2D eigenvalue weighted by molar-refractivity contribution is 6.04. The van der Waals surface area contributed by atoms with Crippen LogP contribution in [-0.2, 0) is 11.3 Å². The fourth-order valence-corrected chi connectivity index (χ4v) is 3.04. The molecule has 0 bridgehead atoms. The largest absolute Gasteiger partial charge is 0.324 e. The van der Waals surface area contributed by atoms with E-state index in [1.54, 1.807) is 24.3 Å². The first-order valence-electron chi connectivity index (χ1n) is 8.59. The number of fused-ring (bicyclic) bond motifs is 1. The Kier molecular flexibility index (Phi) is 5.44. The van der Waals surface area contributed by atoms with Crippen molar-refractivity contribution in [3.63, 3.8) is 0 Å². The summed E-state index contributed by atoms with van der Waals surface area (Å²) in [5.41, 5.74) is 2.24. The van der Waals surface area contributed by atoms with Crippen LogP contribution in [-0.4, -0.2) is 30.2 Å². The normalized spacial score (nSPS) is 10.9. The topological polar surface area (TPSA) is 49.4 Å². The number of carbonyl (C=O) groups is 2. The van der Waals surface area contributed by atoms with Gasteiger partial charge in [-0.25, -0.2) is 0 Å². The molecule has 0 aliphatic heterocycles. The number of hydrogen-bond donors (Lipinski definition) is 1. The molecule has 1 amide bonds. The van der Waals surface area contributed by atoms with Crippen LogP contribution >= 0.6 is 0 Å². The molecule has 0 fully saturated rings.